The van der Waals surface area contributed by atoms with Crippen LogP contribution in [0.5, 0.6) is 0 Å². The van der Waals surface area contributed by atoms with Crippen LogP contribution in [0.4, 0.5) is 11.8 Å². The Kier molecular flexibility index (Phi) is 11.2. The number of hydrogen-bond acceptors (Lipinski definition) is 17. The van der Waals surface area contributed by atoms with Crippen LogP contribution in [-0.4, -0.2) is 108 Å². The van der Waals surface area contributed by atoms with Crippen molar-refractivity contribution in [1.82, 2.24) is 48.6 Å². The maximum absolute atomic E-state index is 11.5. The summed E-state index contributed by atoms with van der Waals surface area (Å²) in [5.41, 5.74) is 14.2. The van der Waals surface area contributed by atoms with Crippen molar-refractivity contribution < 1.29 is 29.5 Å². The van der Waals surface area contributed by atoms with Gasteiger partial charge in [-0.3, -0.25) is 18.5 Å². The van der Waals surface area contributed by atoms with E-state index in [1.165, 1.54) is 6.33 Å². The molecule has 0 aliphatic carbocycles. The molecule has 4 aliphatic rings. The van der Waals surface area contributed by atoms with Crippen molar-refractivity contribution >= 4 is 39.9 Å². The molecule has 296 valence electrons. The Hall–Kier alpha value is -4.90. The first-order chi connectivity index (χ1) is 26.5. The van der Waals surface area contributed by atoms with Crippen LogP contribution in [0, 0.1) is 17.8 Å². The highest BCUT2D eigenvalue weighted by Crippen LogP contribution is 2.38. The first-order valence-corrected chi connectivity index (χ1v) is 18.3. The Morgan fingerprint density at radius 2 is 1.33 bits per heavy atom. The van der Waals surface area contributed by atoms with E-state index < -0.39 is 6.17 Å². The Morgan fingerprint density at radius 3 is 1.91 bits per heavy atom. The second-order valence-corrected chi connectivity index (χ2v) is 14.4. The highest BCUT2D eigenvalue weighted by atomic mass is 16.5. The van der Waals surface area contributed by atoms with E-state index in [0.717, 1.165) is 36.6 Å². The largest absolute Gasteiger partial charge is 0.394 e. The number of imidazole rings is 3. The fourth-order valence-corrected chi connectivity index (χ4v) is 7.33. The molecule has 5 aromatic rings. The summed E-state index contributed by atoms with van der Waals surface area (Å²) in [6.45, 7) is 8.11. The minimum Gasteiger partial charge on any atom is -0.394 e. The highest BCUT2D eigenvalue weighted by Gasteiger charge is 2.36. The molecule has 9 N–H and O–H groups in total. The summed E-state index contributed by atoms with van der Waals surface area (Å²) >= 11 is 0. The smallest absolute Gasteiger partial charge is 0.278 e. The maximum Gasteiger partial charge on any atom is 0.278 e. The number of H-pyrrole nitrogens is 1. The molecule has 55 heavy (non-hydrogen) atoms. The predicted molar refractivity (Wildman–Crippen MR) is 198 cm³/mol. The third-order valence-electron chi connectivity index (χ3n) is 10.5. The van der Waals surface area contributed by atoms with Gasteiger partial charge >= 0.3 is 0 Å². The van der Waals surface area contributed by atoms with Crippen LogP contribution in [-0.2, 0) is 14.2 Å². The molecule has 5 aromatic heterocycles. The van der Waals surface area contributed by atoms with E-state index >= 15 is 0 Å². The Morgan fingerprint density at radius 1 is 0.782 bits per heavy atom. The summed E-state index contributed by atoms with van der Waals surface area (Å²) in [4.78, 5) is 43.1. The Labute approximate surface area is 314 Å². The molecule has 1 unspecified atom stereocenters. The summed E-state index contributed by atoms with van der Waals surface area (Å²) < 4.78 is 22.9. The van der Waals surface area contributed by atoms with Gasteiger partial charge in [0.05, 0.1) is 69.6 Å². The van der Waals surface area contributed by atoms with Gasteiger partial charge in [-0.05, 0) is 43.9 Å². The molecule has 4 aliphatic heterocycles. The van der Waals surface area contributed by atoms with Crippen LogP contribution in [0.3, 0.4) is 0 Å². The van der Waals surface area contributed by atoms with Gasteiger partial charge in [0.25, 0.3) is 5.56 Å². The first-order valence-electron chi connectivity index (χ1n) is 18.3. The van der Waals surface area contributed by atoms with Gasteiger partial charge in [-0.15, -0.1) is 0 Å². The molecule has 9 heterocycles. The number of aromatic amines is 1. The van der Waals surface area contributed by atoms with Crippen LogP contribution in [0.1, 0.15) is 77.5 Å². The first kappa shape index (κ1) is 38.4. The summed E-state index contributed by atoms with van der Waals surface area (Å²) in [7, 11) is 0. The number of nitrogens with one attached hydrogen (secondary N) is 2. The molecule has 0 saturated carbocycles. The lowest BCUT2D eigenvalue weighted by Gasteiger charge is -2.21. The summed E-state index contributed by atoms with van der Waals surface area (Å²) in [6, 6.07) is 0. The predicted octanol–water partition coefficient (Wildman–Crippen LogP) is 0.960. The zero-order valence-electron chi connectivity index (χ0n) is 31.0. The van der Waals surface area contributed by atoms with Crippen LogP contribution in [0.25, 0.3) is 22.3 Å². The zero-order chi connectivity index (χ0) is 39.0. The van der Waals surface area contributed by atoms with Crippen molar-refractivity contribution in [2.45, 2.75) is 90.1 Å². The lowest BCUT2D eigenvalue weighted by atomic mass is 10.0. The van der Waals surface area contributed by atoms with Crippen molar-refractivity contribution in [2.24, 2.45) is 28.5 Å². The van der Waals surface area contributed by atoms with Gasteiger partial charge in [-0.2, -0.15) is 4.98 Å². The van der Waals surface area contributed by atoms with Gasteiger partial charge in [0.1, 0.15) is 47.7 Å². The van der Waals surface area contributed by atoms with Gasteiger partial charge in [0.15, 0.2) is 16.8 Å². The molecule has 9 rings (SSSR count). The summed E-state index contributed by atoms with van der Waals surface area (Å²) in [5.74, 6) is 2.72. The van der Waals surface area contributed by atoms with Crippen molar-refractivity contribution in [3.8, 4) is 0 Å². The van der Waals surface area contributed by atoms with E-state index in [1.54, 1.807) is 29.7 Å². The second-order valence-electron chi connectivity index (χ2n) is 14.4. The highest BCUT2D eigenvalue weighted by molar-refractivity contribution is 5.95. The Balaban J connectivity index is 0.000000127. The van der Waals surface area contributed by atoms with E-state index in [-0.39, 0.29) is 74.2 Å². The standard InChI is InChI=1S/C12H19N5O2.C11H15N5O2.C11H14N4O3/c1-6-3-9(19-8(6)4-18)17-5-14-10-11(13)15-7(2)16-12(10)17;1-6-2-9(18-8(6)4-17)16-5-14-7-3-13-11(12)15-10(7)16;1-6-2-8(18-7(6)3-16)15-5-14-9-10(15)12-4-13-11(9)17/h5-6,8-9,11,18H,3-4,13H2,1-2H3,(H,15,16);3,5-6,8-9,17H,2,4H2,1H3,(H2,12,13,15);4-8,16H,2-3H2,1H3,(H,12,13,17)/t6-,8-,9-,11?;6-,8-,9-;6-,7-,8-/m111/s1. The SMILES string of the molecule is CC1=NC(N)c2ncn([C@H]3C[C@@H](C)[C@@H](CO)O3)c2N1.C[C@@H]1C[C@H](n2cnc3c(=O)[nH]cnc32)O[C@@H]1CO.C[C@@H]1C[C@H](n2cnc3cnc(N)nc32)O[C@@H]1CO. The number of nitrogens with zero attached hydrogens (tertiary/aromatic N) is 10. The zero-order valence-corrected chi connectivity index (χ0v) is 31.0. The van der Waals surface area contributed by atoms with Crippen LogP contribution >= 0.6 is 0 Å². The molecule has 3 fully saturated rings. The minimum absolute atomic E-state index is 0.00168. The van der Waals surface area contributed by atoms with Crippen molar-refractivity contribution in [1.29, 1.82) is 0 Å². The normalized spacial score (nSPS) is 30.0. The van der Waals surface area contributed by atoms with Gasteiger partial charge in [-0.1, -0.05) is 20.8 Å². The monoisotopic (exact) mass is 764 g/mol. The third-order valence-corrected chi connectivity index (χ3v) is 10.5. The van der Waals surface area contributed by atoms with E-state index in [0.29, 0.717) is 34.2 Å². The molecule has 0 spiro atoms. The molecule has 0 amide bonds. The number of fused-ring (bicyclic) bond motifs is 3. The minimum atomic E-state index is -0.426. The maximum atomic E-state index is 11.5. The third kappa shape index (κ3) is 7.68. The number of anilines is 2. The van der Waals surface area contributed by atoms with Gasteiger partial charge in [0.2, 0.25) is 5.95 Å². The molecular formula is C34H48N14O7. The van der Waals surface area contributed by atoms with E-state index in [2.05, 4.69) is 59.0 Å². The Bertz CT molecular complexity index is 2180. The van der Waals surface area contributed by atoms with Crippen molar-refractivity contribution in [3.05, 3.63) is 47.6 Å². The number of nitrogen functional groups attached to an aromatic ring is 1. The van der Waals surface area contributed by atoms with E-state index in [1.807, 2.05) is 23.0 Å². The number of aliphatic imine (C=N–C) groups is 1. The van der Waals surface area contributed by atoms with Crippen LogP contribution in [0.2, 0.25) is 0 Å². The molecule has 0 aromatic carbocycles. The quantitative estimate of drug-likeness (QED) is 0.127. The van der Waals surface area contributed by atoms with Crippen molar-refractivity contribution in [3.63, 3.8) is 0 Å². The lowest BCUT2D eigenvalue weighted by Crippen LogP contribution is -2.24. The molecule has 21 heteroatoms. The number of rotatable bonds is 6. The number of hydrogen-bond donors (Lipinski definition) is 7. The number of amidine groups is 1. The fraction of sp³-hybridized carbons (Fsp3) is 0.588. The van der Waals surface area contributed by atoms with Gasteiger partial charge in [-0.25, -0.2) is 29.9 Å². The molecule has 3 saturated heterocycles. The number of aliphatic hydroxyl groups is 3. The van der Waals surface area contributed by atoms with Crippen LogP contribution < -0.4 is 22.3 Å². The average molecular weight is 765 g/mol. The van der Waals surface area contributed by atoms with Gasteiger partial charge in [0, 0.05) is 0 Å². The lowest BCUT2D eigenvalue weighted by molar-refractivity contribution is -0.0284. The number of nitrogens with two attached hydrogens (primary N) is 2. The average Bonchev–Trinajstić information content (AvgIpc) is 4.02. The van der Waals surface area contributed by atoms with E-state index in [9.17, 15) is 20.1 Å². The number of ether oxygens (including phenoxy) is 3. The van der Waals surface area contributed by atoms with Crippen LogP contribution in [0.15, 0.2) is 41.3 Å². The molecule has 21 nitrogen and oxygen atoms in total. The molecule has 10 atom stereocenters. The topological polar surface area (TPSA) is 290 Å². The molecule has 0 bridgehead atoms. The van der Waals surface area contributed by atoms with Gasteiger partial charge < -0.3 is 51.3 Å². The summed E-state index contributed by atoms with van der Waals surface area (Å²) in [5, 5.41) is 30.9. The second kappa shape index (κ2) is 16.1. The van der Waals surface area contributed by atoms with E-state index in [4.69, 9.17) is 25.7 Å². The summed E-state index contributed by atoms with van der Waals surface area (Å²) in [6.07, 6.45) is 9.00. The number of aromatic nitrogens is 10. The van der Waals surface area contributed by atoms with Crippen molar-refractivity contribution in [2.75, 3.05) is 30.9 Å². The fourth-order valence-electron chi connectivity index (χ4n) is 7.33. The number of aliphatic hydroxyl groups excluding tert-OH is 3. The molecular weight excluding hydrogens is 716 g/mol. The molecule has 0 radical (unpaired) electrons.